The zero-order valence-electron chi connectivity index (χ0n) is 15.4. The number of halogens is 1. The van der Waals surface area contributed by atoms with Gasteiger partial charge in [0.05, 0.1) is 18.6 Å². The minimum absolute atomic E-state index is 0.141. The standard InChI is InChI=1S/C22H16ClNO4S/c1-28-18-11-16(23)9-15(20(18)25)10-19-21(26)24(22(27)29-19)12-14-7-4-6-13-5-2-3-8-17(13)14/h2-11,25H,12H2,1H3/b19-10+. The van der Waals surface area contributed by atoms with Gasteiger partial charge >= 0.3 is 0 Å². The number of methoxy groups -OCH3 is 1. The van der Waals surface area contributed by atoms with E-state index >= 15 is 0 Å². The van der Waals surface area contributed by atoms with E-state index < -0.39 is 5.91 Å². The van der Waals surface area contributed by atoms with Gasteiger partial charge in [-0.3, -0.25) is 14.5 Å². The molecule has 29 heavy (non-hydrogen) atoms. The molecule has 3 aromatic carbocycles. The zero-order valence-corrected chi connectivity index (χ0v) is 17.0. The maximum absolute atomic E-state index is 12.9. The summed E-state index contributed by atoms with van der Waals surface area (Å²) in [6.45, 7) is 0.175. The highest BCUT2D eigenvalue weighted by molar-refractivity contribution is 8.18. The van der Waals surface area contributed by atoms with Crippen molar-refractivity contribution < 1.29 is 19.4 Å². The molecular formula is C22H16ClNO4S. The normalized spacial score (nSPS) is 15.5. The molecule has 0 atom stereocenters. The van der Waals surface area contributed by atoms with Gasteiger partial charge in [0.2, 0.25) is 0 Å². The molecule has 1 aliphatic rings. The number of carbonyl (C=O) groups is 2. The Morgan fingerprint density at radius 3 is 2.69 bits per heavy atom. The first-order chi connectivity index (χ1) is 14.0. The number of fused-ring (bicyclic) bond motifs is 1. The zero-order chi connectivity index (χ0) is 20.5. The average Bonchev–Trinajstić information content (AvgIpc) is 2.98. The van der Waals surface area contributed by atoms with Crippen molar-refractivity contribution >= 4 is 51.4 Å². The summed E-state index contributed by atoms with van der Waals surface area (Å²) in [6.07, 6.45) is 1.46. The largest absolute Gasteiger partial charge is 0.504 e. The van der Waals surface area contributed by atoms with E-state index in [0.717, 1.165) is 28.1 Å². The third-order valence-corrected chi connectivity index (χ3v) is 5.78. The topological polar surface area (TPSA) is 66.8 Å². The lowest BCUT2D eigenvalue weighted by molar-refractivity contribution is -0.123. The van der Waals surface area contributed by atoms with E-state index in [-0.39, 0.29) is 28.2 Å². The van der Waals surface area contributed by atoms with Gasteiger partial charge in [-0.25, -0.2) is 0 Å². The van der Waals surface area contributed by atoms with Gasteiger partial charge in [-0.05, 0) is 40.2 Å². The molecule has 4 rings (SSSR count). The summed E-state index contributed by atoms with van der Waals surface area (Å²) in [4.78, 5) is 26.8. The molecule has 1 fully saturated rings. The van der Waals surface area contributed by atoms with Crippen LogP contribution in [-0.4, -0.2) is 28.3 Å². The summed E-state index contributed by atoms with van der Waals surface area (Å²) in [6, 6.07) is 16.6. The molecule has 0 bridgehead atoms. The van der Waals surface area contributed by atoms with Crippen LogP contribution in [-0.2, 0) is 11.3 Å². The first-order valence-corrected chi connectivity index (χ1v) is 9.96. The van der Waals surface area contributed by atoms with Crippen LogP contribution in [0.3, 0.4) is 0 Å². The van der Waals surface area contributed by atoms with Crippen LogP contribution in [0.1, 0.15) is 11.1 Å². The molecule has 0 aliphatic carbocycles. The first-order valence-electron chi connectivity index (χ1n) is 8.76. The second kappa shape index (κ2) is 7.81. The maximum Gasteiger partial charge on any atom is 0.293 e. The van der Waals surface area contributed by atoms with Crippen LogP contribution in [0.2, 0.25) is 5.02 Å². The van der Waals surface area contributed by atoms with Gasteiger partial charge in [0, 0.05) is 16.7 Å². The fraction of sp³-hybridized carbons (Fsp3) is 0.0909. The van der Waals surface area contributed by atoms with Crippen LogP contribution in [0.5, 0.6) is 11.5 Å². The van der Waals surface area contributed by atoms with Gasteiger partial charge in [-0.1, -0.05) is 54.1 Å². The van der Waals surface area contributed by atoms with Gasteiger partial charge in [-0.2, -0.15) is 0 Å². The Labute approximate surface area is 176 Å². The predicted molar refractivity (Wildman–Crippen MR) is 115 cm³/mol. The molecule has 3 aromatic rings. The molecule has 1 heterocycles. The molecule has 1 N–H and O–H groups in total. The highest BCUT2D eigenvalue weighted by atomic mass is 35.5. The highest BCUT2D eigenvalue weighted by Crippen LogP contribution is 2.39. The number of hydrogen-bond donors (Lipinski definition) is 1. The number of nitrogens with zero attached hydrogens (tertiary/aromatic N) is 1. The average molecular weight is 426 g/mol. The molecule has 5 nitrogen and oxygen atoms in total. The molecule has 0 aromatic heterocycles. The summed E-state index contributed by atoms with van der Waals surface area (Å²) in [7, 11) is 1.41. The number of phenols is 1. The van der Waals surface area contributed by atoms with Crippen molar-refractivity contribution in [3.8, 4) is 11.5 Å². The number of thioether (sulfide) groups is 1. The Morgan fingerprint density at radius 2 is 1.90 bits per heavy atom. The van der Waals surface area contributed by atoms with Gasteiger partial charge in [-0.15, -0.1) is 0 Å². The lowest BCUT2D eigenvalue weighted by Crippen LogP contribution is -2.27. The van der Waals surface area contributed by atoms with E-state index in [9.17, 15) is 14.7 Å². The fourth-order valence-corrected chi connectivity index (χ4v) is 4.28. The molecular weight excluding hydrogens is 410 g/mol. The Balaban J connectivity index is 1.66. The van der Waals surface area contributed by atoms with Crippen LogP contribution in [0.4, 0.5) is 4.79 Å². The smallest absolute Gasteiger partial charge is 0.293 e. The number of phenolic OH excluding ortho intramolecular Hbond substituents is 1. The van der Waals surface area contributed by atoms with E-state index in [0.29, 0.717) is 10.6 Å². The number of carbonyl (C=O) groups excluding carboxylic acids is 2. The van der Waals surface area contributed by atoms with Crippen molar-refractivity contribution in [3.63, 3.8) is 0 Å². The van der Waals surface area contributed by atoms with E-state index in [1.807, 2.05) is 42.5 Å². The quantitative estimate of drug-likeness (QED) is 0.563. The van der Waals surface area contributed by atoms with Crippen LogP contribution in [0, 0.1) is 0 Å². The summed E-state index contributed by atoms with van der Waals surface area (Å²) < 4.78 is 5.09. The van der Waals surface area contributed by atoms with Crippen LogP contribution >= 0.6 is 23.4 Å². The SMILES string of the molecule is COc1cc(Cl)cc(/C=C2/SC(=O)N(Cc3cccc4ccccc34)C2=O)c1O. The molecule has 0 saturated carbocycles. The highest BCUT2D eigenvalue weighted by Gasteiger charge is 2.35. The first kappa shape index (κ1) is 19.4. The lowest BCUT2D eigenvalue weighted by atomic mass is 10.0. The van der Waals surface area contributed by atoms with Gasteiger partial charge in [0.1, 0.15) is 0 Å². The minimum atomic E-state index is -0.411. The second-order valence-corrected chi connectivity index (χ2v) is 7.88. The monoisotopic (exact) mass is 425 g/mol. The Kier molecular flexibility index (Phi) is 5.22. The third-order valence-electron chi connectivity index (χ3n) is 4.66. The molecule has 0 spiro atoms. The van der Waals surface area contributed by atoms with Crippen molar-refractivity contribution in [2.24, 2.45) is 0 Å². The number of benzene rings is 3. The Morgan fingerprint density at radius 1 is 1.14 bits per heavy atom. The summed E-state index contributed by atoms with van der Waals surface area (Å²) >= 11 is 6.89. The summed E-state index contributed by atoms with van der Waals surface area (Å²) in [5.74, 6) is -0.359. The van der Waals surface area contributed by atoms with E-state index in [4.69, 9.17) is 16.3 Å². The van der Waals surface area contributed by atoms with Crippen molar-refractivity contribution in [1.29, 1.82) is 0 Å². The number of ether oxygens (including phenoxy) is 1. The molecule has 0 radical (unpaired) electrons. The summed E-state index contributed by atoms with van der Waals surface area (Å²) in [5, 5.41) is 12.3. The van der Waals surface area contributed by atoms with Gasteiger partial charge in [0.15, 0.2) is 11.5 Å². The van der Waals surface area contributed by atoms with E-state index in [1.54, 1.807) is 0 Å². The molecule has 7 heteroatoms. The summed E-state index contributed by atoms with van der Waals surface area (Å²) in [5.41, 5.74) is 1.20. The van der Waals surface area contributed by atoms with Crippen molar-refractivity contribution in [2.75, 3.05) is 7.11 Å². The number of rotatable bonds is 4. The maximum atomic E-state index is 12.9. The second-order valence-electron chi connectivity index (χ2n) is 6.45. The van der Waals surface area contributed by atoms with Crippen molar-refractivity contribution in [1.82, 2.24) is 4.90 Å². The lowest BCUT2D eigenvalue weighted by Gasteiger charge is -2.14. The van der Waals surface area contributed by atoms with E-state index in [1.165, 1.54) is 30.2 Å². The van der Waals surface area contributed by atoms with Crippen LogP contribution in [0.15, 0.2) is 59.5 Å². The Bertz CT molecular complexity index is 1170. The number of hydrogen-bond acceptors (Lipinski definition) is 5. The van der Waals surface area contributed by atoms with Gasteiger partial charge in [0.25, 0.3) is 11.1 Å². The third kappa shape index (κ3) is 3.69. The van der Waals surface area contributed by atoms with Crippen LogP contribution in [0.25, 0.3) is 16.8 Å². The van der Waals surface area contributed by atoms with Crippen molar-refractivity contribution in [2.45, 2.75) is 6.54 Å². The molecule has 0 unspecified atom stereocenters. The molecule has 1 saturated heterocycles. The van der Waals surface area contributed by atoms with E-state index in [2.05, 4.69) is 0 Å². The minimum Gasteiger partial charge on any atom is -0.504 e. The predicted octanol–water partition coefficient (Wildman–Crippen LogP) is 5.44. The molecule has 2 amide bonds. The Hall–Kier alpha value is -2.96. The molecule has 1 aliphatic heterocycles. The number of imide groups is 1. The number of aromatic hydroxyl groups is 1. The van der Waals surface area contributed by atoms with Crippen LogP contribution < -0.4 is 4.74 Å². The fourth-order valence-electron chi connectivity index (χ4n) is 3.24. The van der Waals surface area contributed by atoms with Crippen molar-refractivity contribution in [3.05, 3.63) is 75.7 Å². The molecule has 146 valence electrons. The number of amides is 2. The van der Waals surface area contributed by atoms with Gasteiger partial charge < -0.3 is 9.84 Å².